The first-order chi connectivity index (χ1) is 8.00. The Morgan fingerprint density at radius 1 is 1.41 bits per heavy atom. The Bertz CT molecular complexity index is 437. The van der Waals surface area contributed by atoms with Gasteiger partial charge in [0.25, 0.3) is 5.91 Å². The normalized spacial score (nSPS) is 10.0. The van der Waals surface area contributed by atoms with Crippen LogP contribution in [0.25, 0.3) is 0 Å². The van der Waals surface area contributed by atoms with Crippen LogP contribution < -0.4 is 5.32 Å². The lowest BCUT2D eigenvalue weighted by Crippen LogP contribution is -2.24. The molecule has 0 aliphatic heterocycles. The highest BCUT2D eigenvalue weighted by atomic mass is 127. The first-order valence-corrected chi connectivity index (χ1v) is 6.41. The lowest BCUT2D eigenvalue weighted by atomic mass is 10.2. The van der Waals surface area contributed by atoms with Crippen LogP contribution in [0.15, 0.2) is 18.2 Å². The van der Waals surface area contributed by atoms with Crippen LogP contribution in [0.5, 0.6) is 0 Å². The molecule has 1 aromatic rings. The van der Waals surface area contributed by atoms with Crippen molar-refractivity contribution in [3.63, 3.8) is 0 Å². The van der Waals surface area contributed by atoms with E-state index in [-0.39, 0.29) is 12.3 Å². The molecule has 0 unspecified atom stereocenters. The average molecular weight is 368 g/mol. The van der Waals surface area contributed by atoms with Gasteiger partial charge in [-0.25, -0.2) is 0 Å². The van der Waals surface area contributed by atoms with Crippen molar-refractivity contribution in [2.24, 2.45) is 0 Å². The molecular weight excluding hydrogens is 356 g/mol. The molecule has 0 radical (unpaired) electrons. The van der Waals surface area contributed by atoms with Crippen molar-refractivity contribution in [3.8, 4) is 0 Å². The molecule has 0 aliphatic rings. The molecule has 92 valence electrons. The molecule has 0 saturated carbocycles. The molecule has 2 N–H and O–H groups in total. The topological polar surface area (TPSA) is 66.4 Å². The summed E-state index contributed by atoms with van der Waals surface area (Å²) in [5, 5.41) is 11.7. The van der Waals surface area contributed by atoms with Crippen LogP contribution in [0.4, 0.5) is 0 Å². The Morgan fingerprint density at radius 3 is 2.71 bits per heavy atom. The minimum Gasteiger partial charge on any atom is -0.481 e. The van der Waals surface area contributed by atoms with E-state index in [0.717, 1.165) is 3.57 Å². The number of carboxylic acids is 1. The number of carbonyl (C=O) groups excluding carboxylic acids is 1. The number of hydrogen-bond donors (Lipinski definition) is 2. The quantitative estimate of drug-likeness (QED) is 0.621. The molecule has 0 bridgehead atoms. The Kier molecular flexibility index (Phi) is 5.70. The van der Waals surface area contributed by atoms with Crippen molar-refractivity contribution in [1.82, 2.24) is 5.32 Å². The van der Waals surface area contributed by atoms with E-state index in [1.54, 1.807) is 18.2 Å². The van der Waals surface area contributed by atoms with Gasteiger partial charge in [-0.1, -0.05) is 11.6 Å². The Balaban J connectivity index is 2.47. The van der Waals surface area contributed by atoms with E-state index < -0.39 is 5.97 Å². The van der Waals surface area contributed by atoms with Crippen LogP contribution in [0.1, 0.15) is 23.2 Å². The van der Waals surface area contributed by atoms with Crippen molar-refractivity contribution in [3.05, 3.63) is 32.4 Å². The summed E-state index contributed by atoms with van der Waals surface area (Å²) < 4.78 is 0.808. The van der Waals surface area contributed by atoms with E-state index in [1.165, 1.54) is 0 Å². The summed E-state index contributed by atoms with van der Waals surface area (Å²) >= 11 is 7.89. The summed E-state index contributed by atoms with van der Waals surface area (Å²) in [5.41, 5.74) is 0.522. The molecular formula is C11H11ClINO3. The molecule has 6 heteroatoms. The minimum absolute atomic E-state index is 0.0540. The Labute approximate surface area is 117 Å². The fraction of sp³-hybridized carbons (Fsp3) is 0.273. The van der Waals surface area contributed by atoms with Gasteiger partial charge in [-0.2, -0.15) is 0 Å². The monoisotopic (exact) mass is 367 g/mol. The van der Waals surface area contributed by atoms with Gasteiger partial charge in [0.15, 0.2) is 0 Å². The van der Waals surface area contributed by atoms with Crippen molar-refractivity contribution >= 4 is 46.1 Å². The number of carboxylic acid groups (broad SMARTS) is 1. The van der Waals surface area contributed by atoms with Gasteiger partial charge in [0, 0.05) is 22.1 Å². The Morgan fingerprint density at radius 2 is 2.12 bits per heavy atom. The molecule has 0 heterocycles. The molecule has 17 heavy (non-hydrogen) atoms. The van der Waals surface area contributed by atoms with Crippen LogP contribution in [0, 0.1) is 3.57 Å². The lowest BCUT2D eigenvalue weighted by molar-refractivity contribution is -0.137. The summed E-state index contributed by atoms with van der Waals surface area (Å²) in [7, 11) is 0. The molecule has 0 spiro atoms. The molecule has 1 rings (SSSR count). The zero-order valence-electron chi connectivity index (χ0n) is 8.87. The molecule has 0 saturated heterocycles. The molecule has 4 nitrogen and oxygen atoms in total. The van der Waals surface area contributed by atoms with E-state index in [4.69, 9.17) is 16.7 Å². The molecule has 0 atom stereocenters. The number of rotatable bonds is 5. The maximum absolute atomic E-state index is 11.6. The third-order valence-electron chi connectivity index (χ3n) is 2.03. The van der Waals surface area contributed by atoms with Crippen molar-refractivity contribution in [2.75, 3.05) is 6.54 Å². The lowest BCUT2D eigenvalue weighted by Gasteiger charge is -2.05. The molecule has 0 aliphatic carbocycles. The van der Waals surface area contributed by atoms with Crippen LogP contribution in [0.2, 0.25) is 5.02 Å². The Hall–Kier alpha value is -0.820. The van der Waals surface area contributed by atoms with E-state index in [1.807, 2.05) is 22.6 Å². The van der Waals surface area contributed by atoms with Crippen molar-refractivity contribution in [2.45, 2.75) is 12.8 Å². The van der Waals surface area contributed by atoms with Crippen LogP contribution >= 0.6 is 34.2 Å². The van der Waals surface area contributed by atoms with Crippen molar-refractivity contribution in [1.29, 1.82) is 0 Å². The van der Waals surface area contributed by atoms with Gasteiger partial charge >= 0.3 is 5.97 Å². The minimum atomic E-state index is -0.861. The van der Waals surface area contributed by atoms with Gasteiger partial charge < -0.3 is 10.4 Å². The second-order valence-corrected chi connectivity index (χ2v) is 4.95. The summed E-state index contributed by atoms with van der Waals surface area (Å²) in [6, 6.07) is 4.99. The number of carbonyl (C=O) groups is 2. The largest absolute Gasteiger partial charge is 0.481 e. The van der Waals surface area contributed by atoms with Crippen molar-refractivity contribution < 1.29 is 14.7 Å². The number of benzene rings is 1. The van der Waals surface area contributed by atoms with Crippen LogP contribution in [-0.2, 0) is 4.79 Å². The number of nitrogens with one attached hydrogen (secondary N) is 1. The summed E-state index contributed by atoms with van der Waals surface area (Å²) in [5.74, 6) is -1.08. The van der Waals surface area contributed by atoms with Crippen LogP contribution in [0.3, 0.4) is 0 Å². The number of aliphatic carboxylic acids is 1. The van der Waals surface area contributed by atoms with E-state index in [2.05, 4.69) is 5.32 Å². The maximum atomic E-state index is 11.6. The molecule has 0 aromatic heterocycles. The second kappa shape index (κ2) is 6.80. The summed E-state index contributed by atoms with van der Waals surface area (Å²) in [6.45, 7) is 0.352. The number of amides is 1. The first-order valence-electron chi connectivity index (χ1n) is 4.95. The summed E-state index contributed by atoms with van der Waals surface area (Å²) in [6.07, 6.45) is 0.476. The average Bonchev–Trinajstić information content (AvgIpc) is 2.27. The fourth-order valence-corrected chi connectivity index (χ4v) is 1.81. The van der Waals surface area contributed by atoms with Gasteiger partial charge in [0.2, 0.25) is 0 Å². The van der Waals surface area contributed by atoms with E-state index in [0.29, 0.717) is 23.6 Å². The maximum Gasteiger partial charge on any atom is 0.303 e. The highest BCUT2D eigenvalue weighted by molar-refractivity contribution is 14.1. The third kappa shape index (κ3) is 4.91. The SMILES string of the molecule is O=C(O)CCCNC(=O)c1ccc(Cl)c(I)c1. The predicted molar refractivity (Wildman–Crippen MR) is 73.4 cm³/mol. The van der Waals surface area contributed by atoms with Gasteiger partial charge in [0.1, 0.15) is 0 Å². The standard InChI is InChI=1S/C11H11ClINO3/c12-8-4-3-7(6-9(8)13)11(17)14-5-1-2-10(15)16/h3-4,6H,1-2,5H2,(H,14,17)(H,15,16). The van der Waals surface area contributed by atoms with E-state index in [9.17, 15) is 9.59 Å². The summed E-state index contributed by atoms with van der Waals surface area (Å²) in [4.78, 5) is 21.9. The van der Waals surface area contributed by atoms with Crippen LogP contribution in [-0.4, -0.2) is 23.5 Å². The first kappa shape index (κ1) is 14.2. The predicted octanol–water partition coefficient (Wildman–Crippen LogP) is 2.54. The van der Waals surface area contributed by atoms with E-state index >= 15 is 0 Å². The highest BCUT2D eigenvalue weighted by Gasteiger charge is 2.07. The van der Waals surface area contributed by atoms with Gasteiger partial charge in [-0.05, 0) is 47.2 Å². The highest BCUT2D eigenvalue weighted by Crippen LogP contribution is 2.19. The smallest absolute Gasteiger partial charge is 0.303 e. The number of halogens is 2. The molecule has 1 aromatic carbocycles. The van der Waals surface area contributed by atoms with Gasteiger partial charge in [0.05, 0.1) is 5.02 Å². The zero-order chi connectivity index (χ0) is 12.8. The van der Waals surface area contributed by atoms with Gasteiger partial charge in [-0.15, -0.1) is 0 Å². The molecule has 0 fully saturated rings. The second-order valence-electron chi connectivity index (χ2n) is 3.38. The van der Waals surface area contributed by atoms with Gasteiger partial charge in [-0.3, -0.25) is 9.59 Å². The zero-order valence-corrected chi connectivity index (χ0v) is 11.8. The number of hydrogen-bond acceptors (Lipinski definition) is 2. The fourth-order valence-electron chi connectivity index (χ4n) is 1.18. The third-order valence-corrected chi connectivity index (χ3v) is 3.58. The molecule has 1 amide bonds.